The van der Waals surface area contributed by atoms with Crippen LogP contribution in [-0.2, 0) is 0 Å². The molecule has 0 radical (unpaired) electrons. The van der Waals surface area contributed by atoms with Crippen molar-refractivity contribution in [3.05, 3.63) is 23.8 Å². The third kappa shape index (κ3) is 2.58. The number of hydrazone groups is 1. The van der Waals surface area contributed by atoms with E-state index in [-0.39, 0.29) is 0 Å². The molecule has 0 aliphatic rings. The number of methoxy groups -OCH3 is 1. The summed E-state index contributed by atoms with van der Waals surface area (Å²) in [6.07, 6.45) is 2.49. The average molecular weight is 191 g/mol. The molecule has 0 saturated heterocycles. The van der Waals surface area contributed by atoms with Gasteiger partial charge >= 0.3 is 0 Å². The highest BCUT2D eigenvalue weighted by Gasteiger charge is 1.97. The lowest BCUT2D eigenvalue weighted by atomic mass is 10.2. The van der Waals surface area contributed by atoms with Crippen LogP contribution in [0.2, 0.25) is 0 Å². The molecule has 0 unspecified atom stereocenters. The van der Waals surface area contributed by atoms with Gasteiger partial charge in [-0.1, -0.05) is 0 Å². The largest absolute Gasteiger partial charge is 0.496 e. The van der Waals surface area contributed by atoms with Crippen molar-refractivity contribution < 1.29 is 4.74 Å². The fraction of sp³-hybridized carbons (Fsp3) is 0.200. The minimum Gasteiger partial charge on any atom is -0.496 e. The Bertz CT molecular complexity index is 347. The molecule has 1 rings (SSSR count). The van der Waals surface area contributed by atoms with E-state index in [1.54, 1.807) is 7.11 Å². The number of aryl methyl sites for hydroxylation is 1. The Kier molecular flexibility index (Phi) is 3.67. The molecule has 0 heterocycles. The second-order valence-electron chi connectivity index (χ2n) is 2.74. The zero-order chi connectivity index (χ0) is 10.4. The fourth-order valence-electron chi connectivity index (χ4n) is 1.10. The maximum atomic E-state index is 6.74. The Morgan fingerprint density at radius 2 is 2.29 bits per heavy atom. The van der Waals surface area contributed by atoms with Gasteiger partial charge in [-0.15, -0.1) is 0 Å². The topological polar surface area (TPSA) is 57.5 Å². The predicted octanol–water partition coefficient (Wildman–Crippen LogP) is 2.05. The molecule has 0 aliphatic heterocycles. The summed E-state index contributed by atoms with van der Waals surface area (Å²) in [4.78, 5) is 0. The Morgan fingerprint density at radius 1 is 1.50 bits per heavy atom. The Labute approximate surface area is 83.1 Å². The van der Waals surface area contributed by atoms with Crippen molar-refractivity contribution in [2.24, 2.45) is 5.10 Å². The van der Waals surface area contributed by atoms with Crippen LogP contribution in [0.1, 0.15) is 5.56 Å². The first-order chi connectivity index (χ1) is 6.77. The highest BCUT2D eigenvalue weighted by Crippen LogP contribution is 2.21. The molecule has 0 aromatic heterocycles. The van der Waals surface area contributed by atoms with Crippen molar-refractivity contribution >= 4 is 18.1 Å². The van der Waals surface area contributed by atoms with Crippen molar-refractivity contribution in [1.82, 2.24) is 0 Å². The number of ether oxygens (including phenoxy) is 1. The number of benzene rings is 1. The van der Waals surface area contributed by atoms with Gasteiger partial charge in [-0.25, -0.2) is 0 Å². The molecular formula is C10H13N3O. The molecular weight excluding hydrogens is 178 g/mol. The van der Waals surface area contributed by atoms with Crippen LogP contribution in [0.5, 0.6) is 5.75 Å². The lowest BCUT2D eigenvalue weighted by Gasteiger charge is -2.06. The number of rotatable bonds is 4. The molecule has 4 heteroatoms. The monoisotopic (exact) mass is 191 g/mol. The van der Waals surface area contributed by atoms with Crippen molar-refractivity contribution in [2.45, 2.75) is 6.92 Å². The van der Waals surface area contributed by atoms with E-state index >= 15 is 0 Å². The number of anilines is 1. The van der Waals surface area contributed by atoms with Crippen molar-refractivity contribution in [2.75, 3.05) is 12.5 Å². The van der Waals surface area contributed by atoms with E-state index in [0.717, 1.165) is 23.2 Å². The third-order valence-electron chi connectivity index (χ3n) is 1.74. The van der Waals surface area contributed by atoms with E-state index in [1.807, 2.05) is 25.1 Å². The van der Waals surface area contributed by atoms with Crippen LogP contribution in [0.15, 0.2) is 23.3 Å². The molecule has 0 fully saturated rings. The lowest BCUT2D eigenvalue weighted by molar-refractivity contribution is 0.412. The molecule has 1 aromatic rings. The summed E-state index contributed by atoms with van der Waals surface area (Å²) < 4.78 is 5.12. The van der Waals surface area contributed by atoms with E-state index in [2.05, 4.69) is 10.5 Å². The molecule has 14 heavy (non-hydrogen) atoms. The van der Waals surface area contributed by atoms with Crippen LogP contribution in [-0.4, -0.2) is 19.5 Å². The molecule has 0 amide bonds. The minimum atomic E-state index is 0.853. The number of hydrogen-bond acceptors (Lipinski definition) is 4. The van der Waals surface area contributed by atoms with E-state index in [4.69, 9.17) is 10.1 Å². The van der Waals surface area contributed by atoms with Gasteiger partial charge in [0, 0.05) is 6.21 Å². The van der Waals surface area contributed by atoms with E-state index < -0.39 is 0 Å². The molecule has 74 valence electrons. The van der Waals surface area contributed by atoms with Crippen LogP contribution >= 0.6 is 0 Å². The molecule has 0 bridgehead atoms. The van der Waals surface area contributed by atoms with Crippen molar-refractivity contribution in [1.29, 1.82) is 5.41 Å². The molecule has 2 N–H and O–H groups in total. The molecule has 0 aliphatic carbocycles. The van der Waals surface area contributed by atoms with Crippen molar-refractivity contribution in [3.8, 4) is 5.75 Å². The quantitative estimate of drug-likeness (QED) is 0.565. The fourth-order valence-corrected chi connectivity index (χ4v) is 1.10. The first-order valence-corrected chi connectivity index (χ1v) is 4.20. The Morgan fingerprint density at radius 3 is 2.86 bits per heavy atom. The summed E-state index contributed by atoms with van der Waals surface area (Å²) in [5.74, 6) is 0.853. The minimum absolute atomic E-state index is 0.853. The summed E-state index contributed by atoms with van der Waals surface area (Å²) >= 11 is 0. The van der Waals surface area contributed by atoms with Crippen molar-refractivity contribution in [3.63, 3.8) is 0 Å². The van der Waals surface area contributed by atoms with E-state index in [0.29, 0.717) is 0 Å². The number of nitrogens with zero attached hydrogens (tertiary/aromatic N) is 1. The Hall–Kier alpha value is -1.84. The molecule has 4 nitrogen and oxygen atoms in total. The Balaban J connectivity index is 2.75. The van der Waals surface area contributed by atoms with Crippen LogP contribution in [0, 0.1) is 12.3 Å². The highest BCUT2D eigenvalue weighted by atomic mass is 16.5. The van der Waals surface area contributed by atoms with Gasteiger partial charge in [-0.3, -0.25) is 5.43 Å². The second-order valence-corrected chi connectivity index (χ2v) is 2.74. The van der Waals surface area contributed by atoms with Gasteiger partial charge in [0.2, 0.25) is 0 Å². The van der Waals surface area contributed by atoms with Gasteiger partial charge in [0.15, 0.2) is 0 Å². The van der Waals surface area contributed by atoms with Crippen LogP contribution in [0.25, 0.3) is 0 Å². The SMILES string of the molecule is COc1ccc(N/N=C\C=N)cc1C. The van der Waals surface area contributed by atoms with Gasteiger partial charge in [0.1, 0.15) is 5.75 Å². The molecule has 0 spiro atoms. The maximum Gasteiger partial charge on any atom is 0.121 e. The molecule has 0 saturated carbocycles. The summed E-state index contributed by atoms with van der Waals surface area (Å²) in [5.41, 5.74) is 4.72. The van der Waals surface area contributed by atoms with Gasteiger partial charge < -0.3 is 10.1 Å². The summed E-state index contributed by atoms with van der Waals surface area (Å²) in [6, 6.07) is 5.67. The van der Waals surface area contributed by atoms with E-state index in [9.17, 15) is 0 Å². The van der Waals surface area contributed by atoms with Gasteiger partial charge in [-0.05, 0) is 30.7 Å². The number of hydrogen-bond donors (Lipinski definition) is 2. The summed E-state index contributed by atoms with van der Waals surface area (Å²) in [7, 11) is 1.64. The van der Waals surface area contributed by atoms with Gasteiger partial charge in [0.25, 0.3) is 0 Å². The number of nitrogens with one attached hydrogen (secondary N) is 2. The highest BCUT2D eigenvalue weighted by molar-refractivity contribution is 6.14. The first kappa shape index (κ1) is 10.2. The molecule has 0 atom stereocenters. The first-order valence-electron chi connectivity index (χ1n) is 4.20. The maximum absolute atomic E-state index is 6.74. The third-order valence-corrected chi connectivity index (χ3v) is 1.74. The second kappa shape index (κ2) is 5.01. The van der Waals surface area contributed by atoms with Crippen LogP contribution < -0.4 is 10.2 Å². The predicted molar refractivity (Wildman–Crippen MR) is 58.6 cm³/mol. The van der Waals surface area contributed by atoms with Gasteiger partial charge in [-0.2, -0.15) is 5.10 Å². The standard InChI is InChI=1S/C10H13N3O/c1-8-7-9(13-12-6-5-11)3-4-10(8)14-2/h3-7,11,13H,1-2H3/b11-5?,12-6-. The zero-order valence-corrected chi connectivity index (χ0v) is 8.24. The summed E-state index contributed by atoms with van der Waals surface area (Å²) in [6.45, 7) is 1.96. The van der Waals surface area contributed by atoms with Crippen LogP contribution in [0.3, 0.4) is 0 Å². The van der Waals surface area contributed by atoms with Gasteiger partial charge in [0.05, 0.1) is 19.0 Å². The smallest absolute Gasteiger partial charge is 0.121 e. The normalized spacial score (nSPS) is 10.1. The summed E-state index contributed by atoms with van der Waals surface area (Å²) in [5, 5.41) is 10.5. The average Bonchev–Trinajstić information content (AvgIpc) is 2.18. The molecule has 1 aromatic carbocycles. The van der Waals surface area contributed by atoms with Crippen LogP contribution in [0.4, 0.5) is 5.69 Å². The van der Waals surface area contributed by atoms with E-state index in [1.165, 1.54) is 6.21 Å². The lowest BCUT2D eigenvalue weighted by Crippen LogP contribution is -1.92. The zero-order valence-electron chi connectivity index (χ0n) is 8.24.